The van der Waals surface area contributed by atoms with Gasteiger partial charge in [0.1, 0.15) is 0 Å². The standard InChI is InChI=1S/C22H29Cl2N3O/c1-14(2)10-15(3)11-21(25)26-13-16-4-7-18(8-5-16)27-22(28)19-12-17(23)6-9-20(19)24/h6,9-12,16,18,26H,1,4-5,7-8,13,25H2,2-3H3,(H,27,28)/b15-10-,21-11+/t16-,18-. The minimum atomic E-state index is -0.166. The van der Waals surface area contributed by atoms with Crippen molar-refractivity contribution in [3.63, 3.8) is 0 Å². The monoisotopic (exact) mass is 421 g/mol. The third-order valence-electron chi connectivity index (χ3n) is 4.81. The molecule has 4 N–H and O–H groups in total. The molecule has 0 heterocycles. The SMILES string of the molecule is C=C(C)/C=C(C)\C=C(/N)NC[C@H]1CC[C@H](NC(=O)c2cc(Cl)ccc2Cl)CC1. The quantitative estimate of drug-likeness (QED) is 0.530. The number of amides is 1. The lowest BCUT2D eigenvalue weighted by atomic mass is 9.86. The first kappa shape index (κ1) is 22.4. The van der Waals surface area contributed by atoms with E-state index >= 15 is 0 Å². The minimum absolute atomic E-state index is 0.160. The topological polar surface area (TPSA) is 67.2 Å². The first-order valence-electron chi connectivity index (χ1n) is 9.55. The summed E-state index contributed by atoms with van der Waals surface area (Å²) in [5, 5.41) is 7.30. The fourth-order valence-corrected chi connectivity index (χ4v) is 3.81. The number of nitrogens with one attached hydrogen (secondary N) is 2. The molecule has 0 saturated heterocycles. The molecule has 0 unspecified atom stereocenters. The molecule has 6 heteroatoms. The fourth-order valence-electron chi connectivity index (χ4n) is 3.43. The van der Waals surface area contributed by atoms with Gasteiger partial charge in [0.25, 0.3) is 5.91 Å². The molecule has 1 amide bonds. The largest absolute Gasteiger partial charge is 0.386 e. The summed E-state index contributed by atoms with van der Waals surface area (Å²) in [6, 6.07) is 5.09. The number of nitrogens with two attached hydrogens (primary N) is 1. The van der Waals surface area contributed by atoms with E-state index in [1.54, 1.807) is 18.2 Å². The molecule has 152 valence electrons. The summed E-state index contributed by atoms with van der Waals surface area (Å²) >= 11 is 12.1. The number of hydrogen-bond donors (Lipinski definition) is 3. The summed E-state index contributed by atoms with van der Waals surface area (Å²) in [7, 11) is 0. The van der Waals surface area contributed by atoms with Crippen LogP contribution in [0.15, 0.2) is 53.9 Å². The minimum Gasteiger partial charge on any atom is -0.386 e. The predicted octanol–water partition coefficient (Wildman–Crippen LogP) is 5.19. The summed E-state index contributed by atoms with van der Waals surface area (Å²) in [5.74, 6) is 1.04. The first-order valence-corrected chi connectivity index (χ1v) is 10.3. The Kier molecular flexibility index (Phi) is 8.46. The van der Waals surface area contributed by atoms with Crippen molar-refractivity contribution in [1.29, 1.82) is 0 Å². The maximum atomic E-state index is 12.5. The van der Waals surface area contributed by atoms with Gasteiger partial charge in [-0.1, -0.05) is 41.4 Å². The molecular formula is C22H29Cl2N3O. The van der Waals surface area contributed by atoms with E-state index in [0.717, 1.165) is 43.4 Å². The first-order chi connectivity index (χ1) is 13.2. The molecular weight excluding hydrogens is 393 g/mol. The number of hydrogen-bond acceptors (Lipinski definition) is 3. The molecule has 28 heavy (non-hydrogen) atoms. The lowest BCUT2D eigenvalue weighted by Gasteiger charge is -2.29. The van der Waals surface area contributed by atoms with Gasteiger partial charge in [-0.15, -0.1) is 0 Å². The summed E-state index contributed by atoms with van der Waals surface area (Å²) in [6.07, 6.45) is 7.87. The molecule has 1 aliphatic carbocycles. The van der Waals surface area contributed by atoms with Crippen LogP contribution in [0.1, 0.15) is 49.9 Å². The van der Waals surface area contributed by atoms with Crippen molar-refractivity contribution in [1.82, 2.24) is 10.6 Å². The Morgan fingerprint density at radius 3 is 2.54 bits per heavy atom. The van der Waals surface area contributed by atoms with Gasteiger partial charge in [-0.05, 0) is 75.3 Å². The van der Waals surface area contributed by atoms with Gasteiger partial charge in [0.2, 0.25) is 0 Å². The number of allylic oxidation sites excluding steroid dienone is 4. The summed E-state index contributed by atoms with van der Waals surface area (Å²) in [4.78, 5) is 12.5. The lowest BCUT2D eigenvalue weighted by molar-refractivity contribution is 0.0922. The fraction of sp³-hybridized carbons (Fsp3) is 0.409. The van der Waals surface area contributed by atoms with Crippen molar-refractivity contribution < 1.29 is 4.79 Å². The van der Waals surface area contributed by atoms with Crippen LogP contribution in [0.4, 0.5) is 0 Å². The Balaban J connectivity index is 1.78. The highest BCUT2D eigenvalue weighted by Gasteiger charge is 2.23. The summed E-state index contributed by atoms with van der Waals surface area (Å²) in [5.41, 5.74) is 8.55. The molecule has 1 aromatic carbocycles. The van der Waals surface area contributed by atoms with Crippen LogP contribution < -0.4 is 16.4 Å². The number of halogens is 2. The molecule has 0 aliphatic heterocycles. The molecule has 0 atom stereocenters. The lowest BCUT2D eigenvalue weighted by Crippen LogP contribution is -2.39. The molecule has 1 aromatic rings. The van der Waals surface area contributed by atoms with Crippen molar-refractivity contribution in [3.05, 3.63) is 69.5 Å². The third-order valence-corrected chi connectivity index (χ3v) is 5.37. The van der Waals surface area contributed by atoms with E-state index < -0.39 is 0 Å². The Bertz CT molecular complexity index is 778. The van der Waals surface area contributed by atoms with Crippen molar-refractivity contribution in [2.45, 2.75) is 45.6 Å². The normalized spacial score (nSPS) is 20.6. The predicted molar refractivity (Wildman–Crippen MR) is 119 cm³/mol. The van der Waals surface area contributed by atoms with Crippen molar-refractivity contribution >= 4 is 29.1 Å². The van der Waals surface area contributed by atoms with Crippen molar-refractivity contribution in [2.75, 3.05) is 6.54 Å². The number of carbonyl (C=O) groups is 1. The van der Waals surface area contributed by atoms with E-state index in [4.69, 9.17) is 28.9 Å². The van der Waals surface area contributed by atoms with E-state index in [1.165, 1.54) is 0 Å². The zero-order chi connectivity index (χ0) is 20.7. The average molecular weight is 422 g/mol. The molecule has 1 aliphatic rings. The molecule has 1 fully saturated rings. The van der Waals surface area contributed by atoms with E-state index in [1.807, 2.05) is 26.0 Å². The molecule has 1 saturated carbocycles. The highest BCUT2D eigenvalue weighted by Crippen LogP contribution is 2.25. The van der Waals surface area contributed by atoms with Crippen LogP contribution in [0.5, 0.6) is 0 Å². The van der Waals surface area contributed by atoms with Gasteiger partial charge in [0.05, 0.1) is 16.4 Å². The summed E-state index contributed by atoms with van der Waals surface area (Å²) in [6.45, 7) is 8.66. The Hall–Kier alpha value is -1.91. The smallest absolute Gasteiger partial charge is 0.253 e. The zero-order valence-corrected chi connectivity index (χ0v) is 18.0. The third kappa shape index (κ3) is 7.25. The molecule has 0 aromatic heterocycles. The van der Waals surface area contributed by atoms with E-state index in [-0.39, 0.29) is 11.9 Å². The van der Waals surface area contributed by atoms with Gasteiger partial charge in [0.15, 0.2) is 0 Å². The second-order valence-corrected chi connectivity index (χ2v) is 8.37. The molecule has 2 rings (SSSR count). The van der Waals surface area contributed by atoms with Gasteiger partial charge in [0, 0.05) is 17.6 Å². The van der Waals surface area contributed by atoms with E-state index in [9.17, 15) is 4.79 Å². The van der Waals surface area contributed by atoms with Crippen LogP contribution in [-0.4, -0.2) is 18.5 Å². The Morgan fingerprint density at radius 2 is 1.89 bits per heavy atom. The van der Waals surface area contributed by atoms with E-state index in [2.05, 4.69) is 17.2 Å². The maximum Gasteiger partial charge on any atom is 0.253 e. The Morgan fingerprint density at radius 1 is 1.21 bits per heavy atom. The van der Waals surface area contributed by atoms with Crippen molar-refractivity contribution in [3.8, 4) is 0 Å². The second-order valence-electron chi connectivity index (χ2n) is 7.53. The highest BCUT2D eigenvalue weighted by molar-refractivity contribution is 6.35. The van der Waals surface area contributed by atoms with Crippen molar-refractivity contribution in [2.24, 2.45) is 11.7 Å². The van der Waals surface area contributed by atoms with Crippen LogP contribution in [-0.2, 0) is 0 Å². The molecule has 0 spiro atoms. The summed E-state index contributed by atoms with van der Waals surface area (Å²) < 4.78 is 0. The van der Waals surface area contributed by atoms with Gasteiger partial charge in [-0.2, -0.15) is 0 Å². The maximum absolute atomic E-state index is 12.5. The molecule has 0 radical (unpaired) electrons. The van der Waals surface area contributed by atoms with Crippen LogP contribution in [0.3, 0.4) is 0 Å². The van der Waals surface area contributed by atoms with Crippen LogP contribution >= 0.6 is 23.2 Å². The number of rotatable bonds is 7. The number of benzene rings is 1. The highest BCUT2D eigenvalue weighted by atomic mass is 35.5. The van der Waals surface area contributed by atoms with E-state index in [0.29, 0.717) is 27.3 Å². The second kappa shape index (κ2) is 10.6. The van der Waals surface area contributed by atoms with Crippen LogP contribution in [0.25, 0.3) is 0 Å². The molecule has 4 nitrogen and oxygen atoms in total. The van der Waals surface area contributed by atoms with Gasteiger partial charge < -0.3 is 16.4 Å². The van der Waals surface area contributed by atoms with Crippen LogP contribution in [0.2, 0.25) is 10.0 Å². The average Bonchev–Trinajstić information content (AvgIpc) is 2.62. The molecule has 0 bridgehead atoms. The number of carbonyl (C=O) groups excluding carboxylic acids is 1. The van der Waals surface area contributed by atoms with Gasteiger partial charge in [-0.25, -0.2) is 0 Å². The van der Waals surface area contributed by atoms with Gasteiger partial charge >= 0.3 is 0 Å². The Labute approximate surface area is 177 Å². The zero-order valence-electron chi connectivity index (χ0n) is 16.5. The van der Waals surface area contributed by atoms with Gasteiger partial charge in [-0.3, -0.25) is 4.79 Å². The van der Waals surface area contributed by atoms with Crippen LogP contribution in [0, 0.1) is 5.92 Å².